The molecule has 0 spiro atoms. The molecule has 0 saturated heterocycles. The van der Waals surface area contributed by atoms with Gasteiger partial charge < -0.3 is 9.88 Å². The van der Waals surface area contributed by atoms with Crippen molar-refractivity contribution in [2.75, 3.05) is 0 Å². The molecule has 0 amide bonds. The fourth-order valence-corrected chi connectivity index (χ4v) is 2.87. The van der Waals surface area contributed by atoms with Gasteiger partial charge in [-0.2, -0.15) is 0 Å². The Balaban J connectivity index is 1.87. The first-order valence-electron chi connectivity index (χ1n) is 6.10. The van der Waals surface area contributed by atoms with Gasteiger partial charge in [0.25, 0.3) is 0 Å². The van der Waals surface area contributed by atoms with E-state index in [-0.39, 0.29) is 0 Å². The average Bonchev–Trinajstić information content (AvgIpc) is 2.97. The average molecular weight is 249 g/mol. The van der Waals surface area contributed by atoms with Crippen molar-refractivity contribution < 1.29 is 0 Å². The summed E-state index contributed by atoms with van der Waals surface area (Å²) >= 11 is 1.84. The zero-order valence-electron chi connectivity index (χ0n) is 10.4. The van der Waals surface area contributed by atoms with E-state index in [1.54, 1.807) is 0 Å². The molecule has 0 unspecified atom stereocenters. The van der Waals surface area contributed by atoms with Crippen LogP contribution in [0.25, 0.3) is 0 Å². The minimum Gasteiger partial charge on any atom is -0.334 e. The van der Waals surface area contributed by atoms with E-state index in [1.807, 2.05) is 23.9 Å². The van der Waals surface area contributed by atoms with Gasteiger partial charge in [-0.25, -0.2) is 4.98 Å². The van der Waals surface area contributed by atoms with Crippen molar-refractivity contribution in [2.24, 2.45) is 0 Å². The minimum absolute atomic E-state index is 0.884. The Labute approximate surface area is 107 Å². The van der Waals surface area contributed by atoms with E-state index in [9.17, 15) is 0 Å². The SMILES string of the molecule is CCc1ccsc1CNCc1cncn1CC. The van der Waals surface area contributed by atoms with Gasteiger partial charge in [0.2, 0.25) is 0 Å². The minimum atomic E-state index is 0.884. The second-order valence-electron chi connectivity index (χ2n) is 4.00. The zero-order valence-corrected chi connectivity index (χ0v) is 11.3. The molecule has 1 N–H and O–H groups in total. The summed E-state index contributed by atoms with van der Waals surface area (Å²) in [6, 6.07) is 2.22. The van der Waals surface area contributed by atoms with Crippen LogP contribution in [0.2, 0.25) is 0 Å². The van der Waals surface area contributed by atoms with Crippen molar-refractivity contribution in [2.45, 2.75) is 39.9 Å². The Morgan fingerprint density at radius 1 is 1.35 bits per heavy atom. The van der Waals surface area contributed by atoms with Crippen LogP contribution in [0.3, 0.4) is 0 Å². The quantitative estimate of drug-likeness (QED) is 0.853. The van der Waals surface area contributed by atoms with Crippen molar-refractivity contribution in [3.8, 4) is 0 Å². The van der Waals surface area contributed by atoms with E-state index in [0.717, 1.165) is 26.1 Å². The molecule has 0 aliphatic carbocycles. The summed E-state index contributed by atoms with van der Waals surface area (Å²) in [6.07, 6.45) is 4.94. The van der Waals surface area contributed by atoms with Crippen LogP contribution in [0.5, 0.6) is 0 Å². The lowest BCUT2D eigenvalue weighted by molar-refractivity contribution is 0.630. The molecule has 2 aromatic rings. The maximum absolute atomic E-state index is 4.17. The maximum atomic E-state index is 4.17. The molecule has 4 heteroatoms. The van der Waals surface area contributed by atoms with Gasteiger partial charge in [-0.05, 0) is 30.4 Å². The summed E-state index contributed by atoms with van der Waals surface area (Å²) in [5, 5.41) is 5.66. The molecule has 92 valence electrons. The number of aryl methyl sites for hydroxylation is 2. The van der Waals surface area contributed by atoms with Gasteiger partial charge in [-0.1, -0.05) is 6.92 Å². The van der Waals surface area contributed by atoms with E-state index in [4.69, 9.17) is 0 Å². The Morgan fingerprint density at radius 3 is 3.00 bits per heavy atom. The van der Waals surface area contributed by atoms with Crippen molar-refractivity contribution in [1.82, 2.24) is 14.9 Å². The molecular weight excluding hydrogens is 230 g/mol. The largest absolute Gasteiger partial charge is 0.334 e. The van der Waals surface area contributed by atoms with E-state index in [0.29, 0.717) is 0 Å². The topological polar surface area (TPSA) is 29.9 Å². The van der Waals surface area contributed by atoms with E-state index in [1.165, 1.54) is 16.1 Å². The molecule has 0 aliphatic heterocycles. The Kier molecular flexibility index (Phi) is 4.34. The van der Waals surface area contributed by atoms with Crippen LogP contribution < -0.4 is 5.32 Å². The monoisotopic (exact) mass is 249 g/mol. The van der Waals surface area contributed by atoms with E-state index in [2.05, 4.69) is 40.2 Å². The molecule has 0 radical (unpaired) electrons. The third-order valence-corrected chi connectivity index (χ3v) is 3.91. The highest BCUT2D eigenvalue weighted by Crippen LogP contribution is 2.17. The molecule has 0 aromatic carbocycles. The summed E-state index contributed by atoms with van der Waals surface area (Å²) in [4.78, 5) is 5.62. The highest BCUT2D eigenvalue weighted by molar-refractivity contribution is 7.10. The van der Waals surface area contributed by atoms with Gasteiger partial charge in [0.1, 0.15) is 0 Å². The molecular formula is C13H19N3S. The lowest BCUT2D eigenvalue weighted by Crippen LogP contribution is -2.15. The molecule has 2 aromatic heterocycles. The number of hydrogen-bond donors (Lipinski definition) is 1. The van der Waals surface area contributed by atoms with Crippen molar-refractivity contribution in [1.29, 1.82) is 0 Å². The zero-order chi connectivity index (χ0) is 12.1. The molecule has 0 atom stereocenters. The molecule has 0 saturated carbocycles. The molecule has 0 bridgehead atoms. The fourth-order valence-electron chi connectivity index (χ4n) is 1.92. The maximum Gasteiger partial charge on any atom is 0.0948 e. The summed E-state index contributed by atoms with van der Waals surface area (Å²) in [7, 11) is 0. The van der Waals surface area contributed by atoms with Crippen LogP contribution >= 0.6 is 11.3 Å². The normalized spacial score (nSPS) is 10.9. The molecule has 17 heavy (non-hydrogen) atoms. The predicted octanol–water partition coefficient (Wildman–Crippen LogP) is 2.82. The molecule has 3 nitrogen and oxygen atoms in total. The standard InChI is InChI=1S/C13H19N3S/c1-3-11-5-6-17-13(11)9-14-7-12-8-15-10-16(12)4-2/h5-6,8,10,14H,3-4,7,9H2,1-2H3. The van der Waals surface area contributed by atoms with Crippen LogP contribution in [-0.4, -0.2) is 9.55 Å². The highest BCUT2D eigenvalue weighted by atomic mass is 32.1. The molecule has 2 rings (SSSR count). The fraction of sp³-hybridized carbons (Fsp3) is 0.462. The van der Waals surface area contributed by atoms with Gasteiger partial charge in [0, 0.05) is 30.7 Å². The Bertz CT molecular complexity index is 416. The van der Waals surface area contributed by atoms with Gasteiger partial charge in [-0.3, -0.25) is 0 Å². The highest BCUT2D eigenvalue weighted by Gasteiger charge is 2.03. The van der Waals surface area contributed by atoms with Crippen LogP contribution in [0.4, 0.5) is 0 Å². The van der Waals surface area contributed by atoms with Crippen molar-refractivity contribution >= 4 is 11.3 Å². The van der Waals surface area contributed by atoms with Gasteiger partial charge in [-0.15, -0.1) is 11.3 Å². The molecule has 0 aliphatic rings. The van der Waals surface area contributed by atoms with Crippen LogP contribution in [0.15, 0.2) is 24.0 Å². The summed E-state index contributed by atoms with van der Waals surface area (Å²) in [5.74, 6) is 0. The molecule has 2 heterocycles. The van der Waals surface area contributed by atoms with Crippen LogP contribution in [-0.2, 0) is 26.1 Å². The second kappa shape index (κ2) is 5.98. The lowest BCUT2D eigenvalue weighted by atomic mass is 10.2. The first kappa shape index (κ1) is 12.3. The summed E-state index contributed by atoms with van der Waals surface area (Å²) in [6.45, 7) is 7.16. The number of nitrogens with zero attached hydrogens (tertiary/aromatic N) is 2. The Morgan fingerprint density at radius 2 is 2.24 bits per heavy atom. The lowest BCUT2D eigenvalue weighted by Gasteiger charge is -2.07. The number of imidazole rings is 1. The van der Waals surface area contributed by atoms with Gasteiger partial charge in [0.15, 0.2) is 0 Å². The van der Waals surface area contributed by atoms with Crippen LogP contribution in [0, 0.1) is 0 Å². The smallest absolute Gasteiger partial charge is 0.0948 e. The second-order valence-corrected chi connectivity index (χ2v) is 5.00. The first-order valence-corrected chi connectivity index (χ1v) is 6.98. The third kappa shape index (κ3) is 2.96. The third-order valence-electron chi connectivity index (χ3n) is 2.95. The molecule has 0 fully saturated rings. The van der Waals surface area contributed by atoms with Crippen LogP contribution in [0.1, 0.15) is 30.0 Å². The van der Waals surface area contributed by atoms with Gasteiger partial charge >= 0.3 is 0 Å². The summed E-state index contributed by atoms with van der Waals surface area (Å²) < 4.78 is 2.17. The number of rotatable bonds is 6. The van der Waals surface area contributed by atoms with E-state index >= 15 is 0 Å². The number of nitrogens with one attached hydrogen (secondary N) is 1. The van der Waals surface area contributed by atoms with Gasteiger partial charge in [0.05, 0.1) is 12.0 Å². The van der Waals surface area contributed by atoms with Crippen molar-refractivity contribution in [3.63, 3.8) is 0 Å². The first-order chi connectivity index (χ1) is 8.35. The number of thiophene rings is 1. The van der Waals surface area contributed by atoms with E-state index < -0.39 is 0 Å². The summed E-state index contributed by atoms with van der Waals surface area (Å²) in [5.41, 5.74) is 2.72. The Hall–Kier alpha value is -1.13. The number of aromatic nitrogens is 2. The number of hydrogen-bond acceptors (Lipinski definition) is 3. The van der Waals surface area contributed by atoms with Crippen molar-refractivity contribution in [3.05, 3.63) is 40.1 Å². The predicted molar refractivity (Wildman–Crippen MR) is 72.1 cm³/mol.